The van der Waals surface area contributed by atoms with E-state index in [9.17, 15) is 13.6 Å². The molecule has 4 heteroatoms. The molecule has 0 fully saturated rings. The minimum atomic E-state index is -0.981. The Hall–Kier alpha value is -1.45. The molecule has 0 amide bonds. The standard InChI is InChI=1S/C8H12F2.C3H4O2/c1-2-3-4-5-8(10)6-7-9;1-2-3(4)5/h4-6H,2-3,7H2,1H3;2H,1H2,(H,4,5)/b5-4-,8-6+;. The quantitative estimate of drug-likeness (QED) is 0.567. The Kier molecular flexibility index (Phi) is 13.4. The second-order valence-corrected chi connectivity index (χ2v) is 2.48. The summed E-state index contributed by atoms with van der Waals surface area (Å²) in [7, 11) is 0. The highest BCUT2D eigenvalue weighted by molar-refractivity contribution is 5.78. The molecule has 15 heavy (non-hydrogen) atoms. The van der Waals surface area contributed by atoms with Crippen molar-refractivity contribution in [2.75, 3.05) is 6.67 Å². The smallest absolute Gasteiger partial charge is 0.327 e. The number of unbranched alkanes of at least 4 members (excludes halogenated alkanes) is 1. The zero-order valence-corrected chi connectivity index (χ0v) is 8.75. The Bertz CT molecular complexity index is 233. The Morgan fingerprint density at radius 2 is 2.07 bits per heavy atom. The molecule has 0 radical (unpaired) electrons. The van der Waals surface area contributed by atoms with Gasteiger partial charge in [0, 0.05) is 6.08 Å². The van der Waals surface area contributed by atoms with E-state index in [-0.39, 0.29) is 0 Å². The van der Waals surface area contributed by atoms with Gasteiger partial charge < -0.3 is 5.11 Å². The molecule has 0 aromatic carbocycles. The van der Waals surface area contributed by atoms with Crippen LogP contribution in [0.25, 0.3) is 0 Å². The summed E-state index contributed by atoms with van der Waals surface area (Å²) in [4.78, 5) is 9.25. The van der Waals surface area contributed by atoms with Crippen LogP contribution in [0.1, 0.15) is 19.8 Å². The Morgan fingerprint density at radius 1 is 1.53 bits per heavy atom. The summed E-state index contributed by atoms with van der Waals surface area (Å²) >= 11 is 0. The molecule has 86 valence electrons. The fraction of sp³-hybridized carbons (Fsp3) is 0.364. The lowest BCUT2D eigenvalue weighted by molar-refractivity contribution is -0.131. The van der Waals surface area contributed by atoms with E-state index in [2.05, 4.69) is 6.58 Å². The van der Waals surface area contributed by atoms with Crippen molar-refractivity contribution >= 4 is 5.97 Å². The predicted octanol–water partition coefficient (Wildman–Crippen LogP) is 3.42. The molecule has 2 nitrogen and oxygen atoms in total. The maximum atomic E-state index is 12.3. The van der Waals surface area contributed by atoms with E-state index in [1.807, 2.05) is 6.92 Å². The van der Waals surface area contributed by atoms with Crippen LogP contribution in [0.5, 0.6) is 0 Å². The molecule has 1 N–H and O–H groups in total. The first-order chi connectivity index (χ1) is 7.08. The molecule has 0 aromatic heterocycles. The monoisotopic (exact) mass is 218 g/mol. The first-order valence-electron chi connectivity index (χ1n) is 4.52. The molecular weight excluding hydrogens is 202 g/mol. The van der Waals surface area contributed by atoms with Gasteiger partial charge in [0.2, 0.25) is 0 Å². The number of rotatable bonds is 5. The van der Waals surface area contributed by atoms with E-state index in [4.69, 9.17) is 5.11 Å². The molecule has 0 heterocycles. The first kappa shape index (κ1) is 16.0. The molecule has 0 atom stereocenters. The van der Waals surface area contributed by atoms with E-state index in [0.717, 1.165) is 25.0 Å². The van der Waals surface area contributed by atoms with Crippen LogP contribution in [0.3, 0.4) is 0 Å². The fourth-order valence-electron chi connectivity index (χ4n) is 0.504. The van der Waals surface area contributed by atoms with Crippen LogP contribution >= 0.6 is 0 Å². The molecule has 0 aliphatic rings. The molecule has 0 bridgehead atoms. The summed E-state index contributed by atoms with van der Waals surface area (Å²) in [5.41, 5.74) is 0. The molecular formula is C11H16F2O2. The van der Waals surface area contributed by atoms with E-state index in [1.54, 1.807) is 6.08 Å². The van der Waals surface area contributed by atoms with Crippen molar-refractivity contribution in [3.05, 3.63) is 36.7 Å². The second-order valence-electron chi connectivity index (χ2n) is 2.48. The summed E-state index contributed by atoms with van der Waals surface area (Å²) in [5.74, 6) is -1.47. The van der Waals surface area contributed by atoms with Gasteiger partial charge >= 0.3 is 5.97 Å². The van der Waals surface area contributed by atoms with Gasteiger partial charge in [-0.25, -0.2) is 13.6 Å². The normalized spacial score (nSPS) is 10.7. The number of carbonyl (C=O) groups is 1. The van der Waals surface area contributed by atoms with E-state index in [1.165, 1.54) is 6.08 Å². The van der Waals surface area contributed by atoms with Crippen LogP contribution in [-0.4, -0.2) is 17.8 Å². The van der Waals surface area contributed by atoms with Gasteiger partial charge in [0.15, 0.2) is 0 Å². The second kappa shape index (κ2) is 12.5. The molecule has 0 spiro atoms. The third kappa shape index (κ3) is 19.1. The van der Waals surface area contributed by atoms with E-state index in [0.29, 0.717) is 0 Å². The molecule has 0 saturated carbocycles. The summed E-state index contributed by atoms with van der Waals surface area (Å²) < 4.78 is 23.7. The van der Waals surface area contributed by atoms with Gasteiger partial charge in [-0.3, -0.25) is 0 Å². The molecule has 0 aliphatic carbocycles. The Morgan fingerprint density at radius 3 is 2.40 bits per heavy atom. The van der Waals surface area contributed by atoms with Gasteiger partial charge in [0.05, 0.1) is 0 Å². The van der Waals surface area contributed by atoms with Gasteiger partial charge in [0.25, 0.3) is 0 Å². The number of hydrogen-bond acceptors (Lipinski definition) is 1. The van der Waals surface area contributed by atoms with E-state index >= 15 is 0 Å². The predicted molar refractivity (Wildman–Crippen MR) is 57.0 cm³/mol. The van der Waals surface area contributed by atoms with Crippen molar-refractivity contribution in [3.8, 4) is 0 Å². The lowest BCUT2D eigenvalue weighted by atomic mass is 10.3. The number of alkyl halides is 1. The summed E-state index contributed by atoms with van der Waals surface area (Å²) in [6.45, 7) is 4.23. The van der Waals surface area contributed by atoms with Crippen molar-refractivity contribution in [3.63, 3.8) is 0 Å². The van der Waals surface area contributed by atoms with Crippen molar-refractivity contribution < 1.29 is 18.7 Å². The van der Waals surface area contributed by atoms with Gasteiger partial charge in [-0.15, -0.1) is 0 Å². The fourth-order valence-corrected chi connectivity index (χ4v) is 0.504. The highest BCUT2D eigenvalue weighted by Crippen LogP contribution is 2.00. The van der Waals surface area contributed by atoms with Crippen LogP contribution in [-0.2, 0) is 4.79 Å². The first-order valence-corrected chi connectivity index (χ1v) is 4.52. The largest absolute Gasteiger partial charge is 0.478 e. The molecule has 0 unspecified atom stereocenters. The maximum absolute atomic E-state index is 12.3. The maximum Gasteiger partial charge on any atom is 0.327 e. The van der Waals surface area contributed by atoms with Crippen LogP contribution in [0.4, 0.5) is 8.78 Å². The van der Waals surface area contributed by atoms with Crippen LogP contribution < -0.4 is 0 Å². The highest BCUT2D eigenvalue weighted by Gasteiger charge is 1.83. The molecule has 0 aliphatic heterocycles. The third-order valence-electron chi connectivity index (χ3n) is 1.18. The number of carboxylic acids is 1. The lowest BCUT2D eigenvalue weighted by Crippen LogP contribution is -1.82. The third-order valence-corrected chi connectivity index (χ3v) is 1.18. The highest BCUT2D eigenvalue weighted by atomic mass is 19.1. The van der Waals surface area contributed by atoms with Crippen molar-refractivity contribution in [2.24, 2.45) is 0 Å². The van der Waals surface area contributed by atoms with Crippen LogP contribution in [0.2, 0.25) is 0 Å². The molecule has 0 saturated heterocycles. The van der Waals surface area contributed by atoms with Gasteiger partial charge in [0.1, 0.15) is 12.5 Å². The topological polar surface area (TPSA) is 37.3 Å². The van der Waals surface area contributed by atoms with Crippen molar-refractivity contribution in [2.45, 2.75) is 19.8 Å². The van der Waals surface area contributed by atoms with Crippen molar-refractivity contribution in [1.29, 1.82) is 0 Å². The number of carboxylic acid groups (broad SMARTS) is 1. The average Bonchev–Trinajstić information content (AvgIpc) is 2.19. The van der Waals surface area contributed by atoms with Gasteiger partial charge in [-0.2, -0.15) is 0 Å². The van der Waals surface area contributed by atoms with Crippen LogP contribution in [0.15, 0.2) is 36.7 Å². The van der Waals surface area contributed by atoms with Crippen LogP contribution in [0, 0.1) is 0 Å². The van der Waals surface area contributed by atoms with Gasteiger partial charge in [-0.1, -0.05) is 26.0 Å². The summed E-state index contributed by atoms with van der Waals surface area (Å²) in [6.07, 6.45) is 6.56. The minimum Gasteiger partial charge on any atom is -0.478 e. The average molecular weight is 218 g/mol. The number of allylic oxidation sites excluding steroid dienone is 4. The summed E-state index contributed by atoms with van der Waals surface area (Å²) in [5, 5.41) is 7.60. The van der Waals surface area contributed by atoms with E-state index < -0.39 is 18.5 Å². The zero-order chi connectivity index (χ0) is 12.1. The Labute approximate surface area is 88.6 Å². The van der Waals surface area contributed by atoms with Crippen molar-refractivity contribution in [1.82, 2.24) is 0 Å². The Balaban J connectivity index is 0. The number of halogens is 2. The minimum absolute atomic E-state index is 0.490. The van der Waals surface area contributed by atoms with Gasteiger partial charge in [-0.05, 0) is 18.6 Å². The number of hydrogen-bond donors (Lipinski definition) is 1. The zero-order valence-electron chi connectivity index (χ0n) is 8.75. The number of aliphatic carboxylic acids is 1. The lowest BCUT2D eigenvalue weighted by Gasteiger charge is -1.84. The molecule has 0 rings (SSSR count). The summed E-state index contributed by atoms with van der Waals surface area (Å²) in [6, 6.07) is 0. The SMILES string of the molecule is C=CC(=O)O.CCC/C=C\C(F)=C/CF. The molecule has 0 aromatic rings.